The summed E-state index contributed by atoms with van der Waals surface area (Å²) in [6.07, 6.45) is 2.89. The van der Waals surface area contributed by atoms with E-state index in [1.54, 1.807) is 11.6 Å². The lowest BCUT2D eigenvalue weighted by Crippen LogP contribution is -2.48. The number of ether oxygens (including phenoxy) is 1. The molecule has 0 bridgehead atoms. The third kappa shape index (κ3) is 2.52. The molecule has 0 radical (unpaired) electrons. The molecule has 2 aliphatic rings. The maximum absolute atomic E-state index is 12.9. The van der Waals surface area contributed by atoms with Crippen LogP contribution in [0.3, 0.4) is 0 Å². The lowest BCUT2D eigenvalue weighted by Gasteiger charge is -2.25. The molecule has 4 heterocycles. The summed E-state index contributed by atoms with van der Waals surface area (Å²) in [4.78, 5) is 44.3. The van der Waals surface area contributed by atoms with Gasteiger partial charge in [0, 0.05) is 43.3 Å². The Morgan fingerprint density at radius 3 is 3.15 bits per heavy atom. The normalized spacial score (nSPS) is 24.8. The zero-order chi connectivity index (χ0) is 18.3. The molecule has 0 saturated carbocycles. The predicted octanol–water partition coefficient (Wildman–Crippen LogP) is -1.05. The Bertz CT molecular complexity index is 925. The van der Waals surface area contributed by atoms with Gasteiger partial charge in [0.15, 0.2) is 4.96 Å². The summed E-state index contributed by atoms with van der Waals surface area (Å²) in [5.41, 5.74) is -1.25. The van der Waals surface area contributed by atoms with Gasteiger partial charge in [-0.25, -0.2) is 4.98 Å². The SMILES string of the molecule is O=C(c1cnc2sccn2c1=O)N1C[C@H]2COC[C@@]2(C(=O)NCCO)C1. The average Bonchev–Trinajstić information content (AvgIpc) is 3.33. The van der Waals surface area contributed by atoms with E-state index in [-0.39, 0.29) is 43.7 Å². The molecule has 2 saturated heterocycles. The molecular formula is C16H18N4O5S. The molecule has 0 unspecified atom stereocenters. The number of thiazole rings is 1. The van der Waals surface area contributed by atoms with Crippen LogP contribution >= 0.6 is 11.3 Å². The van der Waals surface area contributed by atoms with Crippen molar-refractivity contribution in [3.63, 3.8) is 0 Å². The molecule has 9 nitrogen and oxygen atoms in total. The second-order valence-corrected chi connectivity index (χ2v) is 7.44. The molecule has 26 heavy (non-hydrogen) atoms. The Labute approximate surface area is 152 Å². The number of rotatable bonds is 4. The van der Waals surface area contributed by atoms with Crippen molar-refractivity contribution in [2.75, 3.05) is 39.5 Å². The van der Waals surface area contributed by atoms with Gasteiger partial charge < -0.3 is 20.1 Å². The summed E-state index contributed by atoms with van der Waals surface area (Å²) < 4.78 is 6.83. The molecule has 2 amide bonds. The fourth-order valence-electron chi connectivity index (χ4n) is 3.70. The number of amides is 2. The first-order valence-corrected chi connectivity index (χ1v) is 9.16. The van der Waals surface area contributed by atoms with E-state index in [0.29, 0.717) is 18.1 Å². The van der Waals surface area contributed by atoms with Gasteiger partial charge in [-0.15, -0.1) is 11.3 Å². The second kappa shape index (κ2) is 6.45. The Balaban J connectivity index is 1.61. The van der Waals surface area contributed by atoms with E-state index in [0.717, 1.165) is 0 Å². The van der Waals surface area contributed by atoms with Gasteiger partial charge in [0.05, 0.1) is 25.2 Å². The molecule has 2 aromatic heterocycles. The second-order valence-electron chi connectivity index (χ2n) is 6.57. The van der Waals surface area contributed by atoms with Gasteiger partial charge in [0.2, 0.25) is 5.91 Å². The third-order valence-electron chi connectivity index (χ3n) is 5.08. The summed E-state index contributed by atoms with van der Waals surface area (Å²) in [5.74, 6) is -0.787. The van der Waals surface area contributed by atoms with Crippen LogP contribution in [0.5, 0.6) is 0 Å². The first-order valence-electron chi connectivity index (χ1n) is 8.28. The quantitative estimate of drug-likeness (QED) is 0.702. The number of nitrogens with one attached hydrogen (secondary N) is 1. The molecular weight excluding hydrogens is 360 g/mol. The number of hydrogen-bond acceptors (Lipinski definition) is 7. The number of fused-ring (bicyclic) bond motifs is 2. The Kier molecular flexibility index (Phi) is 4.25. The standard InChI is InChI=1S/C16H18N4O5S/c21-3-1-17-14(24)16-8-19(6-10(16)7-25-9-16)12(22)11-5-18-15-20(13(11)23)2-4-26-15/h2,4-5,10,21H,1,3,6-9H2,(H,17,24)/t10-,16-/m0/s1. The maximum Gasteiger partial charge on any atom is 0.271 e. The molecule has 138 valence electrons. The van der Waals surface area contributed by atoms with Gasteiger partial charge in [0.25, 0.3) is 11.5 Å². The summed E-state index contributed by atoms with van der Waals surface area (Å²) in [7, 11) is 0. The van der Waals surface area contributed by atoms with E-state index < -0.39 is 16.9 Å². The van der Waals surface area contributed by atoms with Crippen molar-refractivity contribution in [1.82, 2.24) is 19.6 Å². The highest BCUT2D eigenvalue weighted by atomic mass is 32.1. The third-order valence-corrected chi connectivity index (χ3v) is 5.85. The number of nitrogens with zero attached hydrogens (tertiary/aromatic N) is 3. The van der Waals surface area contributed by atoms with Gasteiger partial charge in [-0.05, 0) is 0 Å². The van der Waals surface area contributed by atoms with Crippen LogP contribution in [0.25, 0.3) is 4.96 Å². The van der Waals surface area contributed by atoms with Gasteiger partial charge in [-0.3, -0.25) is 18.8 Å². The molecule has 2 N–H and O–H groups in total. The average molecular weight is 378 g/mol. The largest absolute Gasteiger partial charge is 0.395 e. The molecule has 4 rings (SSSR count). The van der Waals surface area contributed by atoms with Crippen LogP contribution < -0.4 is 10.9 Å². The number of carbonyl (C=O) groups is 2. The van der Waals surface area contributed by atoms with E-state index in [2.05, 4.69) is 10.3 Å². The molecule has 0 spiro atoms. The van der Waals surface area contributed by atoms with Crippen molar-refractivity contribution in [2.45, 2.75) is 0 Å². The van der Waals surface area contributed by atoms with Gasteiger partial charge in [0.1, 0.15) is 5.56 Å². The van der Waals surface area contributed by atoms with Crippen molar-refractivity contribution in [2.24, 2.45) is 11.3 Å². The van der Waals surface area contributed by atoms with Crippen LogP contribution in [0.4, 0.5) is 0 Å². The predicted molar refractivity (Wildman–Crippen MR) is 92.1 cm³/mol. The van der Waals surface area contributed by atoms with E-state index in [9.17, 15) is 14.4 Å². The van der Waals surface area contributed by atoms with Crippen LogP contribution in [-0.2, 0) is 9.53 Å². The van der Waals surface area contributed by atoms with Crippen molar-refractivity contribution in [1.29, 1.82) is 0 Å². The molecule has 0 aliphatic carbocycles. The highest BCUT2D eigenvalue weighted by molar-refractivity contribution is 7.15. The van der Waals surface area contributed by atoms with Gasteiger partial charge in [-0.1, -0.05) is 0 Å². The van der Waals surface area contributed by atoms with Crippen LogP contribution in [0.15, 0.2) is 22.6 Å². The van der Waals surface area contributed by atoms with E-state index in [1.807, 2.05) is 0 Å². The van der Waals surface area contributed by atoms with E-state index in [4.69, 9.17) is 9.84 Å². The lowest BCUT2D eigenvalue weighted by molar-refractivity contribution is -0.131. The Morgan fingerprint density at radius 1 is 1.50 bits per heavy atom. The highest BCUT2D eigenvalue weighted by Crippen LogP contribution is 2.41. The zero-order valence-electron chi connectivity index (χ0n) is 13.9. The van der Waals surface area contributed by atoms with Crippen molar-refractivity contribution >= 4 is 28.1 Å². The molecule has 2 atom stereocenters. The van der Waals surface area contributed by atoms with Crippen LogP contribution in [0.1, 0.15) is 10.4 Å². The fourth-order valence-corrected chi connectivity index (χ4v) is 4.37. The monoisotopic (exact) mass is 378 g/mol. The lowest BCUT2D eigenvalue weighted by atomic mass is 9.80. The number of aromatic nitrogens is 2. The number of carbonyl (C=O) groups excluding carboxylic acids is 2. The van der Waals surface area contributed by atoms with Crippen molar-refractivity contribution < 1.29 is 19.4 Å². The number of aliphatic hydroxyl groups excluding tert-OH is 1. The first kappa shape index (κ1) is 17.1. The molecule has 0 aromatic carbocycles. The minimum atomic E-state index is -0.832. The minimum Gasteiger partial charge on any atom is -0.395 e. The molecule has 2 aromatic rings. The summed E-state index contributed by atoms with van der Waals surface area (Å²) in [6.45, 7) is 1.13. The fraction of sp³-hybridized carbons (Fsp3) is 0.500. The number of likely N-dealkylation sites (tertiary alicyclic amines) is 1. The van der Waals surface area contributed by atoms with Gasteiger partial charge >= 0.3 is 0 Å². The molecule has 10 heteroatoms. The topological polar surface area (TPSA) is 113 Å². The maximum atomic E-state index is 12.9. The smallest absolute Gasteiger partial charge is 0.271 e. The summed E-state index contributed by atoms with van der Waals surface area (Å²) in [5, 5.41) is 13.3. The zero-order valence-corrected chi connectivity index (χ0v) is 14.7. The number of aliphatic hydroxyl groups is 1. The van der Waals surface area contributed by atoms with Crippen LogP contribution in [0, 0.1) is 11.3 Å². The summed E-state index contributed by atoms with van der Waals surface area (Å²) >= 11 is 1.32. The highest BCUT2D eigenvalue weighted by Gasteiger charge is 2.56. The van der Waals surface area contributed by atoms with Crippen molar-refractivity contribution in [3.8, 4) is 0 Å². The Morgan fingerprint density at radius 2 is 2.35 bits per heavy atom. The van der Waals surface area contributed by atoms with Crippen LogP contribution in [0.2, 0.25) is 0 Å². The van der Waals surface area contributed by atoms with Crippen LogP contribution in [-0.4, -0.2) is 70.7 Å². The summed E-state index contributed by atoms with van der Waals surface area (Å²) in [6, 6.07) is 0. The first-order chi connectivity index (χ1) is 12.6. The van der Waals surface area contributed by atoms with E-state index >= 15 is 0 Å². The van der Waals surface area contributed by atoms with E-state index in [1.165, 1.54) is 26.8 Å². The molecule has 2 fully saturated rings. The minimum absolute atomic E-state index is 0.00675. The van der Waals surface area contributed by atoms with Crippen molar-refractivity contribution in [3.05, 3.63) is 33.7 Å². The number of hydrogen-bond donors (Lipinski definition) is 2. The molecule has 2 aliphatic heterocycles. The van der Waals surface area contributed by atoms with Gasteiger partial charge in [-0.2, -0.15) is 0 Å². The Hall–Kier alpha value is -2.30.